The molecule has 0 radical (unpaired) electrons. The Hall–Kier alpha value is -4.22. The van der Waals surface area contributed by atoms with Crippen LogP contribution in [0.5, 0.6) is 0 Å². The first kappa shape index (κ1) is 23.0. The Morgan fingerprint density at radius 1 is 1.26 bits per heavy atom. The normalized spacial score (nSPS) is 23.2. The second-order valence-corrected chi connectivity index (χ2v) is 8.33. The Morgan fingerprint density at radius 3 is 2.59 bits per heavy atom. The first-order valence-electron chi connectivity index (χ1n) is 10.6. The molecule has 2 saturated heterocycles. The molecule has 3 aliphatic heterocycles. The minimum absolute atomic E-state index is 0.0470. The number of nitrogens with one attached hydrogen (secondary N) is 1. The van der Waals surface area contributed by atoms with Gasteiger partial charge in [0, 0.05) is 38.7 Å². The largest absolute Gasteiger partial charge is 0.483 e. The zero-order chi connectivity index (χ0) is 24.6. The maximum Gasteiger partial charge on any atom is 0.327 e. The Bertz CT molecular complexity index is 1180. The molecule has 1 aromatic heterocycles. The second-order valence-electron chi connectivity index (χ2n) is 8.33. The van der Waals surface area contributed by atoms with Gasteiger partial charge >= 0.3 is 6.03 Å². The van der Waals surface area contributed by atoms with Crippen molar-refractivity contribution in [1.29, 1.82) is 0 Å². The number of hydrogen-bond donors (Lipinski definition) is 2. The van der Waals surface area contributed by atoms with E-state index in [0.29, 0.717) is 18.8 Å². The van der Waals surface area contributed by atoms with Gasteiger partial charge in [-0.2, -0.15) is 0 Å². The molecule has 0 aliphatic carbocycles. The van der Waals surface area contributed by atoms with Crippen molar-refractivity contribution in [3.05, 3.63) is 48.0 Å². The molecule has 12 nitrogen and oxygen atoms in total. The average Bonchev–Trinajstić information content (AvgIpc) is 3.53. The molecule has 12 heteroatoms. The summed E-state index contributed by atoms with van der Waals surface area (Å²) in [5.74, 6) is -0.398. The van der Waals surface area contributed by atoms with E-state index in [1.54, 1.807) is 21.9 Å². The maximum atomic E-state index is 13.4. The minimum Gasteiger partial charge on any atom is -0.483 e. The second kappa shape index (κ2) is 8.61. The molecule has 178 valence electrons. The summed E-state index contributed by atoms with van der Waals surface area (Å²) >= 11 is 0. The third-order valence-electron chi connectivity index (χ3n) is 6.53. The van der Waals surface area contributed by atoms with Crippen LogP contribution in [0.25, 0.3) is 0 Å². The highest BCUT2D eigenvalue weighted by atomic mass is 16.3. The summed E-state index contributed by atoms with van der Waals surface area (Å²) in [4.78, 5) is 67.8. The highest BCUT2D eigenvalue weighted by Crippen LogP contribution is 2.54. The van der Waals surface area contributed by atoms with Crippen LogP contribution in [-0.2, 0) is 31.6 Å². The van der Waals surface area contributed by atoms with Crippen LogP contribution < -0.4 is 5.32 Å². The van der Waals surface area contributed by atoms with E-state index >= 15 is 0 Å². The number of fused-ring (bicyclic) bond motifs is 2. The molecule has 1 aromatic carbocycles. The standard InChI is InChI=1S/C21H22N6O4.CH2O2/c1-24-10-8-22-18(24)17-21(13-5-3-4-6-14(13)23-19(21)30)7-9-26(17)16(29)12-27-15(28)11-25(2)20(27)31;2-1-3/h3-6,8,10,17H,7,9,11-12H2,1-2H3,(H,23,30);1H,(H,2,3)/t17-,21+;/m0./s1. The summed E-state index contributed by atoms with van der Waals surface area (Å²) in [6.07, 6.45) is 3.82. The molecule has 0 bridgehead atoms. The summed E-state index contributed by atoms with van der Waals surface area (Å²) in [5, 5.41) is 9.84. The van der Waals surface area contributed by atoms with E-state index in [2.05, 4.69) is 10.3 Å². The van der Waals surface area contributed by atoms with E-state index < -0.39 is 23.4 Å². The monoisotopic (exact) mass is 468 g/mol. The number of urea groups is 1. The molecule has 1 spiro atoms. The highest BCUT2D eigenvalue weighted by molar-refractivity contribution is 6.08. The van der Waals surface area contributed by atoms with Gasteiger partial charge in [-0.25, -0.2) is 9.78 Å². The molecule has 4 heterocycles. The van der Waals surface area contributed by atoms with Crippen LogP contribution in [0.15, 0.2) is 36.7 Å². The van der Waals surface area contributed by atoms with Crippen LogP contribution in [0.1, 0.15) is 23.9 Å². The predicted molar refractivity (Wildman–Crippen MR) is 117 cm³/mol. The number of aromatic nitrogens is 2. The van der Waals surface area contributed by atoms with Gasteiger partial charge in [0.2, 0.25) is 11.8 Å². The summed E-state index contributed by atoms with van der Waals surface area (Å²) in [6, 6.07) is 6.32. The number of imidazole rings is 1. The fourth-order valence-corrected chi connectivity index (χ4v) is 5.01. The fourth-order valence-electron chi connectivity index (χ4n) is 5.01. The predicted octanol–water partition coefficient (Wildman–Crippen LogP) is 0.178. The molecule has 2 aromatic rings. The van der Waals surface area contributed by atoms with E-state index in [-0.39, 0.29) is 31.4 Å². The van der Waals surface area contributed by atoms with Crippen molar-refractivity contribution in [3.63, 3.8) is 0 Å². The molecule has 2 N–H and O–H groups in total. The van der Waals surface area contributed by atoms with Gasteiger partial charge in [-0.05, 0) is 18.1 Å². The van der Waals surface area contributed by atoms with Crippen LogP contribution in [0, 0.1) is 0 Å². The number of hydrogen-bond acceptors (Lipinski definition) is 6. The van der Waals surface area contributed by atoms with Gasteiger partial charge in [0.15, 0.2) is 0 Å². The lowest BCUT2D eigenvalue weighted by molar-refractivity contribution is -0.138. The number of amides is 5. The van der Waals surface area contributed by atoms with E-state index in [0.717, 1.165) is 16.2 Å². The number of carboxylic acid groups (broad SMARTS) is 1. The van der Waals surface area contributed by atoms with Gasteiger partial charge in [0.25, 0.3) is 12.4 Å². The Labute approximate surface area is 194 Å². The van der Waals surface area contributed by atoms with E-state index in [1.165, 1.54) is 11.9 Å². The lowest BCUT2D eigenvalue weighted by Crippen LogP contribution is -2.47. The minimum atomic E-state index is -0.985. The van der Waals surface area contributed by atoms with Gasteiger partial charge < -0.3 is 24.8 Å². The number of nitrogens with zero attached hydrogens (tertiary/aromatic N) is 5. The van der Waals surface area contributed by atoms with Gasteiger partial charge in [-0.15, -0.1) is 0 Å². The number of likely N-dealkylation sites (N-methyl/N-ethyl adjacent to an activating group) is 1. The number of aryl methyl sites for hydroxylation is 1. The first-order valence-corrected chi connectivity index (χ1v) is 10.6. The number of carbonyl (C=O) groups excluding carboxylic acids is 4. The van der Waals surface area contributed by atoms with Crippen LogP contribution in [0.3, 0.4) is 0 Å². The smallest absolute Gasteiger partial charge is 0.327 e. The number of rotatable bonds is 3. The molecule has 34 heavy (non-hydrogen) atoms. The van der Waals surface area contributed by atoms with E-state index in [4.69, 9.17) is 9.90 Å². The van der Waals surface area contributed by atoms with Gasteiger partial charge in [-0.1, -0.05) is 18.2 Å². The molecule has 2 atom stereocenters. The zero-order valence-corrected chi connectivity index (χ0v) is 18.7. The van der Waals surface area contributed by atoms with Crippen molar-refractivity contribution < 1.29 is 29.1 Å². The fraction of sp³-hybridized carbons (Fsp3) is 0.364. The average molecular weight is 468 g/mol. The number of anilines is 1. The van der Waals surface area contributed by atoms with Crippen molar-refractivity contribution >= 4 is 35.9 Å². The Morgan fingerprint density at radius 2 is 1.97 bits per heavy atom. The quantitative estimate of drug-likeness (QED) is 0.483. The van der Waals surface area contributed by atoms with Crippen molar-refractivity contribution in [2.24, 2.45) is 7.05 Å². The number of likely N-dealkylation sites (tertiary alicyclic amines) is 1. The van der Waals surface area contributed by atoms with E-state index in [1.807, 2.05) is 31.3 Å². The summed E-state index contributed by atoms with van der Waals surface area (Å²) < 4.78 is 1.80. The highest BCUT2D eigenvalue weighted by Gasteiger charge is 2.60. The topological polar surface area (TPSA) is 145 Å². The first-order chi connectivity index (χ1) is 16.3. The van der Waals surface area contributed by atoms with Gasteiger partial charge in [-0.3, -0.25) is 24.1 Å². The Balaban J connectivity index is 0.000000868. The molecular formula is C22H24N6O6. The van der Waals surface area contributed by atoms with Crippen LogP contribution >= 0.6 is 0 Å². The molecule has 2 fully saturated rings. The molecule has 5 amide bonds. The van der Waals surface area contributed by atoms with Gasteiger partial charge in [0.05, 0.1) is 0 Å². The summed E-state index contributed by atoms with van der Waals surface area (Å²) in [6.45, 7) is -0.346. The molecule has 3 aliphatic rings. The van der Waals surface area contributed by atoms with Crippen molar-refractivity contribution in [2.75, 3.05) is 32.0 Å². The van der Waals surface area contributed by atoms with Crippen molar-refractivity contribution in [1.82, 2.24) is 24.3 Å². The number of carbonyl (C=O) groups is 5. The number of para-hydroxylation sites is 1. The van der Waals surface area contributed by atoms with Gasteiger partial charge in [0.1, 0.15) is 30.4 Å². The maximum absolute atomic E-state index is 13.4. The number of benzene rings is 1. The number of imide groups is 1. The summed E-state index contributed by atoms with van der Waals surface area (Å²) in [5.41, 5.74) is 0.574. The summed E-state index contributed by atoms with van der Waals surface area (Å²) in [7, 11) is 3.34. The van der Waals surface area contributed by atoms with E-state index in [9.17, 15) is 19.2 Å². The van der Waals surface area contributed by atoms with Crippen LogP contribution in [0.2, 0.25) is 0 Å². The Kier molecular flexibility index (Phi) is 5.82. The third kappa shape index (κ3) is 3.38. The lowest BCUT2D eigenvalue weighted by atomic mass is 9.74. The molecule has 5 rings (SSSR count). The molecule has 0 saturated carbocycles. The molecular weight excluding hydrogens is 444 g/mol. The zero-order valence-electron chi connectivity index (χ0n) is 18.7. The third-order valence-corrected chi connectivity index (χ3v) is 6.53. The van der Waals surface area contributed by atoms with Crippen molar-refractivity contribution in [3.8, 4) is 0 Å². The van der Waals surface area contributed by atoms with Crippen molar-refractivity contribution in [2.45, 2.75) is 17.9 Å². The van der Waals surface area contributed by atoms with Crippen LogP contribution in [-0.4, -0.2) is 86.3 Å². The molecule has 0 unspecified atom stereocenters. The lowest BCUT2D eigenvalue weighted by Gasteiger charge is -2.34. The SMILES string of the molecule is CN1CC(=O)N(CC(=O)N2CC[C@]3(C(=O)Nc4ccccc43)[C@@H]2c2nccn2C)C1=O.O=CO. The van der Waals surface area contributed by atoms with Crippen LogP contribution in [0.4, 0.5) is 10.5 Å².